The van der Waals surface area contributed by atoms with Crippen molar-refractivity contribution < 1.29 is 41.0 Å². The van der Waals surface area contributed by atoms with Gasteiger partial charge in [0.2, 0.25) is 9.84 Å². The number of ether oxygens (including phenoxy) is 1. The van der Waals surface area contributed by atoms with Gasteiger partial charge in [-0.1, -0.05) is 6.07 Å². The number of sulfone groups is 1. The molecule has 2 amide bonds. The number of carbonyl (C=O) groups excluding carboxylic acids is 2. The zero-order valence-electron chi connectivity index (χ0n) is 14.9. The van der Waals surface area contributed by atoms with E-state index in [1.165, 1.54) is 13.8 Å². The molecule has 0 unspecified atom stereocenters. The van der Waals surface area contributed by atoms with Crippen LogP contribution in [0.25, 0.3) is 0 Å². The van der Waals surface area contributed by atoms with Crippen molar-refractivity contribution in [2.45, 2.75) is 34.9 Å². The maximum atomic E-state index is 12.8. The number of halogens is 3. The first kappa shape index (κ1) is 22.6. The predicted octanol–water partition coefficient (Wildman–Crippen LogP) is 2.29. The van der Waals surface area contributed by atoms with Gasteiger partial charge >= 0.3 is 6.36 Å². The van der Waals surface area contributed by atoms with Crippen LogP contribution in [-0.4, -0.2) is 37.3 Å². The highest BCUT2D eigenvalue weighted by Gasteiger charge is 2.32. The van der Waals surface area contributed by atoms with E-state index in [1.54, 1.807) is 0 Å². The molecular formula is C16H15F3N2O6S2. The number of nitrogens with two attached hydrogens (primary N) is 1. The van der Waals surface area contributed by atoms with Crippen molar-refractivity contribution in [3.63, 3.8) is 0 Å². The minimum absolute atomic E-state index is 0.231. The SMILES string of the molecule is CC(C)(O)C(=O)Nc1sc(S(=O)(=O)c2cccc(OC(F)(F)F)c2)cc1C(N)=O. The Labute approximate surface area is 167 Å². The van der Waals surface area contributed by atoms with Crippen molar-refractivity contribution >= 4 is 38.0 Å². The number of thiophene rings is 1. The molecule has 1 heterocycles. The van der Waals surface area contributed by atoms with Gasteiger partial charge in [-0.3, -0.25) is 9.59 Å². The summed E-state index contributed by atoms with van der Waals surface area (Å²) >= 11 is 0.458. The molecule has 1 aromatic heterocycles. The number of carbonyl (C=O) groups is 2. The van der Waals surface area contributed by atoms with Gasteiger partial charge in [-0.2, -0.15) is 0 Å². The second-order valence-corrected chi connectivity index (χ2v) is 9.44. The number of rotatable bonds is 6. The van der Waals surface area contributed by atoms with Crippen LogP contribution in [0.3, 0.4) is 0 Å². The first-order valence-electron chi connectivity index (χ1n) is 7.69. The summed E-state index contributed by atoms with van der Waals surface area (Å²) in [5.41, 5.74) is 3.03. The third kappa shape index (κ3) is 5.46. The van der Waals surface area contributed by atoms with Gasteiger partial charge in [0.05, 0.1) is 10.5 Å². The quantitative estimate of drug-likeness (QED) is 0.615. The Morgan fingerprint density at radius 2 is 1.83 bits per heavy atom. The highest BCUT2D eigenvalue weighted by Crippen LogP contribution is 2.36. The van der Waals surface area contributed by atoms with Crippen LogP contribution in [-0.2, 0) is 14.6 Å². The van der Waals surface area contributed by atoms with E-state index < -0.39 is 48.5 Å². The van der Waals surface area contributed by atoms with Crippen LogP contribution < -0.4 is 15.8 Å². The van der Waals surface area contributed by atoms with Crippen molar-refractivity contribution in [1.29, 1.82) is 0 Å². The van der Waals surface area contributed by atoms with Crippen LogP contribution in [0.2, 0.25) is 0 Å². The molecule has 0 aliphatic rings. The molecule has 0 atom stereocenters. The fraction of sp³-hybridized carbons (Fsp3) is 0.250. The maximum absolute atomic E-state index is 12.8. The van der Waals surface area contributed by atoms with Crippen LogP contribution in [0.5, 0.6) is 5.75 Å². The van der Waals surface area contributed by atoms with Gasteiger partial charge in [0.1, 0.15) is 20.6 Å². The monoisotopic (exact) mass is 452 g/mol. The number of alkyl halides is 3. The molecule has 4 N–H and O–H groups in total. The number of hydrogen-bond donors (Lipinski definition) is 3. The van der Waals surface area contributed by atoms with Gasteiger partial charge in [0.25, 0.3) is 11.8 Å². The lowest BCUT2D eigenvalue weighted by atomic mass is 10.1. The average molecular weight is 452 g/mol. The second-order valence-electron chi connectivity index (χ2n) is 6.21. The highest BCUT2D eigenvalue weighted by molar-refractivity contribution is 7.93. The average Bonchev–Trinajstić information content (AvgIpc) is 2.97. The second kappa shape index (κ2) is 7.65. The molecule has 8 nitrogen and oxygen atoms in total. The lowest BCUT2D eigenvalue weighted by molar-refractivity contribution is -0.274. The van der Waals surface area contributed by atoms with E-state index in [0.717, 1.165) is 24.3 Å². The summed E-state index contributed by atoms with van der Waals surface area (Å²) in [7, 11) is -4.37. The summed E-state index contributed by atoms with van der Waals surface area (Å²) in [5, 5.41) is 11.7. The number of primary amides is 1. The van der Waals surface area contributed by atoms with E-state index in [1.807, 2.05) is 0 Å². The van der Waals surface area contributed by atoms with Crippen molar-refractivity contribution in [2.75, 3.05) is 5.32 Å². The molecule has 0 spiro atoms. The first-order chi connectivity index (χ1) is 13.1. The molecular weight excluding hydrogens is 437 g/mol. The Hall–Kier alpha value is -2.64. The first-order valence-corrected chi connectivity index (χ1v) is 9.99. The normalized spacial score (nSPS) is 12.5. The van der Waals surface area contributed by atoms with E-state index in [0.29, 0.717) is 17.4 Å². The zero-order valence-corrected chi connectivity index (χ0v) is 16.5. The lowest BCUT2D eigenvalue weighted by Gasteiger charge is -2.16. The van der Waals surface area contributed by atoms with Crippen molar-refractivity contribution in [1.82, 2.24) is 0 Å². The van der Waals surface area contributed by atoms with Crippen LogP contribution in [0.1, 0.15) is 24.2 Å². The highest BCUT2D eigenvalue weighted by atomic mass is 32.2. The number of hydrogen-bond acceptors (Lipinski definition) is 7. The van der Waals surface area contributed by atoms with E-state index in [9.17, 15) is 36.3 Å². The molecule has 0 aliphatic heterocycles. The standard InChI is InChI=1S/C16H15F3N2O6S2/c1-15(2,24)14(23)21-13-10(12(20)22)7-11(28-13)29(25,26)9-5-3-4-8(6-9)27-16(17,18)19/h3-7,24H,1-2H3,(H2,20,22)(H,21,23). The Morgan fingerprint density at radius 1 is 1.21 bits per heavy atom. The molecule has 0 radical (unpaired) electrons. The topological polar surface area (TPSA) is 136 Å². The third-order valence-electron chi connectivity index (χ3n) is 3.37. The maximum Gasteiger partial charge on any atom is 0.573 e. The van der Waals surface area contributed by atoms with Crippen LogP contribution >= 0.6 is 11.3 Å². The van der Waals surface area contributed by atoms with E-state index in [4.69, 9.17) is 5.73 Å². The van der Waals surface area contributed by atoms with Gasteiger partial charge in [-0.05, 0) is 38.1 Å². The summed E-state index contributed by atoms with van der Waals surface area (Å²) in [5.74, 6) is -2.73. The smallest absolute Gasteiger partial charge is 0.406 e. The molecule has 0 bridgehead atoms. The van der Waals surface area contributed by atoms with Crippen molar-refractivity contribution in [2.24, 2.45) is 5.73 Å². The van der Waals surface area contributed by atoms with Gasteiger partial charge in [0, 0.05) is 0 Å². The molecule has 0 aliphatic carbocycles. The van der Waals surface area contributed by atoms with Gasteiger partial charge < -0.3 is 20.9 Å². The van der Waals surface area contributed by atoms with E-state index >= 15 is 0 Å². The number of benzene rings is 1. The molecule has 2 rings (SSSR count). The molecule has 29 heavy (non-hydrogen) atoms. The molecule has 158 valence electrons. The molecule has 0 fully saturated rings. The minimum atomic E-state index is -5.01. The predicted molar refractivity (Wildman–Crippen MR) is 96.3 cm³/mol. The summed E-state index contributed by atoms with van der Waals surface area (Å²) in [6.45, 7) is 2.34. The number of nitrogens with one attached hydrogen (secondary N) is 1. The van der Waals surface area contributed by atoms with Gasteiger partial charge in [0.15, 0.2) is 0 Å². The Kier molecular flexibility index (Phi) is 5.97. The lowest BCUT2D eigenvalue weighted by Crippen LogP contribution is -2.36. The van der Waals surface area contributed by atoms with Crippen LogP contribution in [0, 0.1) is 0 Å². The molecule has 1 aromatic carbocycles. The van der Waals surface area contributed by atoms with Crippen molar-refractivity contribution in [3.05, 3.63) is 35.9 Å². The molecule has 0 saturated heterocycles. The Balaban J connectivity index is 2.48. The molecule has 13 heteroatoms. The van der Waals surface area contributed by atoms with E-state index in [2.05, 4.69) is 10.1 Å². The third-order valence-corrected chi connectivity index (χ3v) is 6.65. The molecule has 0 saturated carbocycles. The number of anilines is 1. The zero-order chi connectivity index (χ0) is 22.2. The minimum Gasteiger partial charge on any atom is -0.406 e. The summed E-state index contributed by atoms with van der Waals surface area (Å²) in [6, 6.07) is 4.57. The summed E-state index contributed by atoms with van der Waals surface area (Å²) < 4.78 is 65.9. The number of amides is 2. The largest absolute Gasteiger partial charge is 0.573 e. The van der Waals surface area contributed by atoms with Crippen molar-refractivity contribution in [3.8, 4) is 5.75 Å². The fourth-order valence-electron chi connectivity index (χ4n) is 1.99. The molecule has 2 aromatic rings. The number of aliphatic hydroxyl groups is 1. The summed E-state index contributed by atoms with van der Waals surface area (Å²) in [4.78, 5) is 23.0. The Bertz CT molecular complexity index is 1060. The van der Waals surface area contributed by atoms with E-state index in [-0.39, 0.29) is 10.6 Å². The van der Waals surface area contributed by atoms with Gasteiger partial charge in [-0.15, -0.1) is 24.5 Å². The van der Waals surface area contributed by atoms with Crippen LogP contribution in [0.15, 0.2) is 39.4 Å². The van der Waals surface area contributed by atoms with Gasteiger partial charge in [-0.25, -0.2) is 8.42 Å². The van der Waals surface area contributed by atoms with Crippen LogP contribution in [0.4, 0.5) is 18.2 Å². The fourth-order valence-corrected chi connectivity index (χ4v) is 4.79. The summed E-state index contributed by atoms with van der Waals surface area (Å²) in [6.07, 6.45) is -5.01. The Morgan fingerprint density at radius 3 is 2.34 bits per heavy atom.